The fraction of sp³-hybridized carbons (Fsp3) is 0.231. The molecule has 20 heavy (non-hydrogen) atoms. The van der Waals surface area contributed by atoms with Crippen molar-refractivity contribution in [2.45, 2.75) is 6.61 Å². The quantitative estimate of drug-likeness (QED) is 0.796. The Hall–Kier alpha value is -1.72. The van der Waals surface area contributed by atoms with Crippen molar-refractivity contribution in [3.63, 3.8) is 0 Å². The Bertz CT molecular complexity index is 641. The summed E-state index contributed by atoms with van der Waals surface area (Å²) in [6, 6.07) is 3.07. The molecule has 0 aliphatic rings. The average molecular weight is 315 g/mol. The molecule has 0 bridgehead atoms. The van der Waals surface area contributed by atoms with Gasteiger partial charge in [-0.3, -0.25) is 4.79 Å². The average Bonchev–Trinajstić information content (AvgIpc) is 2.76. The number of ether oxygens (including phenoxy) is 2. The maximum Gasteiger partial charge on any atom is 0.180 e. The van der Waals surface area contributed by atoms with E-state index < -0.39 is 0 Å². The van der Waals surface area contributed by atoms with E-state index in [2.05, 4.69) is 4.98 Å². The first kappa shape index (κ1) is 14.7. The van der Waals surface area contributed by atoms with Crippen LogP contribution in [0.5, 0.6) is 11.5 Å². The number of hydrogen-bond donors (Lipinski definition) is 0. The zero-order valence-corrected chi connectivity index (χ0v) is 12.4. The predicted molar refractivity (Wildman–Crippen MR) is 75.9 cm³/mol. The third-order valence-corrected chi connectivity index (χ3v) is 3.39. The van der Waals surface area contributed by atoms with Crippen LogP contribution in [-0.2, 0) is 13.7 Å². The molecule has 0 amide bonds. The highest BCUT2D eigenvalue weighted by molar-refractivity contribution is 6.32. The van der Waals surface area contributed by atoms with Crippen LogP contribution in [0.3, 0.4) is 0 Å². The number of nitrogens with zero attached hydrogens (tertiary/aromatic N) is 2. The van der Waals surface area contributed by atoms with Gasteiger partial charge in [0, 0.05) is 12.6 Å². The third kappa shape index (κ3) is 2.89. The molecule has 1 aromatic heterocycles. The van der Waals surface area contributed by atoms with E-state index in [-0.39, 0.29) is 6.61 Å². The van der Waals surface area contributed by atoms with E-state index in [1.807, 2.05) is 0 Å². The van der Waals surface area contributed by atoms with Gasteiger partial charge < -0.3 is 14.0 Å². The molecule has 0 saturated heterocycles. The van der Waals surface area contributed by atoms with Crippen molar-refractivity contribution in [3.8, 4) is 11.5 Å². The second-order valence-electron chi connectivity index (χ2n) is 4.00. The third-order valence-electron chi connectivity index (χ3n) is 2.76. The minimum Gasteiger partial charge on any atom is -0.493 e. The van der Waals surface area contributed by atoms with Crippen LogP contribution < -0.4 is 9.47 Å². The summed E-state index contributed by atoms with van der Waals surface area (Å²) in [6.45, 7) is 0.180. The van der Waals surface area contributed by atoms with E-state index >= 15 is 0 Å². The van der Waals surface area contributed by atoms with Gasteiger partial charge in [-0.05, 0) is 12.1 Å². The maximum absolute atomic E-state index is 10.8. The number of imidazole rings is 1. The number of aldehydes is 1. The first-order valence-electron chi connectivity index (χ1n) is 5.68. The minimum absolute atomic E-state index is 0.180. The summed E-state index contributed by atoms with van der Waals surface area (Å²) in [5.41, 5.74) is 0.416. The number of carbonyl (C=O) groups excluding carboxylic acids is 1. The summed E-state index contributed by atoms with van der Waals surface area (Å²) >= 11 is 12.0. The first-order chi connectivity index (χ1) is 9.56. The highest BCUT2D eigenvalue weighted by Crippen LogP contribution is 2.36. The highest BCUT2D eigenvalue weighted by Gasteiger charge is 2.13. The molecule has 0 spiro atoms. The highest BCUT2D eigenvalue weighted by atomic mass is 35.5. The maximum atomic E-state index is 10.8. The molecular weight excluding hydrogens is 303 g/mol. The van der Waals surface area contributed by atoms with Gasteiger partial charge >= 0.3 is 0 Å². The molecule has 0 atom stereocenters. The van der Waals surface area contributed by atoms with Crippen molar-refractivity contribution in [2.75, 3.05) is 7.11 Å². The molecular formula is C13H12Cl2N2O3. The van der Waals surface area contributed by atoms with Crippen LogP contribution in [0.4, 0.5) is 0 Å². The molecule has 2 aromatic rings. The Morgan fingerprint density at radius 2 is 2.15 bits per heavy atom. The van der Waals surface area contributed by atoms with Crippen LogP contribution in [-0.4, -0.2) is 22.9 Å². The summed E-state index contributed by atoms with van der Waals surface area (Å²) in [7, 11) is 3.26. The Labute approximate surface area is 126 Å². The van der Waals surface area contributed by atoms with Crippen molar-refractivity contribution in [1.29, 1.82) is 0 Å². The van der Waals surface area contributed by atoms with Crippen LogP contribution in [0.1, 0.15) is 16.2 Å². The van der Waals surface area contributed by atoms with Crippen LogP contribution in [0.2, 0.25) is 10.2 Å². The normalized spacial score (nSPS) is 10.4. The smallest absolute Gasteiger partial charge is 0.180 e. The van der Waals surface area contributed by atoms with Crippen molar-refractivity contribution in [1.82, 2.24) is 9.55 Å². The van der Waals surface area contributed by atoms with Crippen molar-refractivity contribution < 1.29 is 14.3 Å². The summed E-state index contributed by atoms with van der Waals surface area (Å²) in [6.07, 6.45) is 2.23. The lowest BCUT2D eigenvalue weighted by Crippen LogP contribution is -2.05. The lowest BCUT2D eigenvalue weighted by Gasteiger charge is -2.12. The largest absolute Gasteiger partial charge is 0.493 e. The number of carbonyl (C=O) groups is 1. The second kappa shape index (κ2) is 6.15. The van der Waals surface area contributed by atoms with Gasteiger partial charge in [-0.2, -0.15) is 0 Å². The zero-order valence-electron chi connectivity index (χ0n) is 10.9. The molecule has 1 aromatic carbocycles. The van der Waals surface area contributed by atoms with Crippen LogP contribution in [0.25, 0.3) is 0 Å². The molecule has 2 rings (SSSR count). The van der Waals surface area contributed by atoms with E-state index in [0.29, 0.717) is 39.3 Å². The number of rotatable bonds is 5. The molecule has 0 aliphatic heterocycles. The van der Waals surface area contributed by atoms with Gasteiger partial charge in [0.2, 0.25) is 0 Å². The van der Waals surface area contributed by atoms with Crippen LogP contribution >= 0.6 is 23.2 Å². The minimum atomic E-state index is 0.180. The molecule has 106 valence electrons. The Morgan fingerprint density at radius 1 is 1.40 bits per heavy atom. The second-order valence-corrected chi connectivity index (χ2v) is 4.79. The van der Waals surface area contributed by atoms with Gasteiger partial charge in [0.25, 0.3) is 0 Å². The van der Waals surface area contributed by atoms with Crippen LogP contribution in [0.15, 0.2) is 18.3 Å². The number of benzene rings is 1. The fourth-order valence-corrected chi connectivity index (χ4v) is 2.06. The SMILES string of the molecule is COc1cc(C=O)cc(Cl)c1OCc1ncc(Cl)n1C. The summed E-state index contributed by atoms with van der Waals surface area (Å²) in [4.78, 5) is 14.9. The van der Waals surface area contributed by atoms with E-state index in [0.717, 1.165) is 0 Å². The standard InChI is InChI=1S/C13H12Cl2N2O3/c1-17-11(15)5-16-12(17)7-20-13-9(14)3-8(6-18)4-10(13)19-2/h3-6H,7H2,1-2H3. The lowest BCUT2D eigenvalue weighted by molar-refractivity contribution is 0.112. The van der Waals surface area contributed by atoms with E-state index in [9.17, 15) is 4.79 Å². The molecule has 0 unspecified atom stereocenters. The van der Waals surface area contributed by atoms with Gasteiger partial charge in [-0.1, -0.05) is 23.2 Å². The fourth-order valence-electron chi connectivity index (χ4n) is 1.64. The van der Waals surface area contributed by atoms with Gasteiger partial charge in [0.15, 0.2) is 11.5 Å². The van der Waals surface area contributed by atoms with Crippen molar-refractivity contribution in [3.05, 3.63) is 39.9 Å². The van der Waals surface area contributed by atoms with Crippen molar-refractivity contribution in [2.24, 2.45) is 7.05 Å². The van der Waals surface area contributed by atoms with Gasteiger partial charge in [0.05, 0.1) is 18.3 Å². The molecule has 0 aliphatic carbocycles. The predicted octanol–water partition coefficient (Wildman–Crippen LogP) is 3.13. The Kier molecular flexibility index (Phi) is 4.52. The molecule has 1 heterocycles. The lowest BCUT2D eigenvalue weighted by atomic mass is 10.2. The molecule has 0 N–H and O–H groups in total. The van der Waals surface area contributed by atoms with Gasteiger partial charge in [-0.25, -0.2) is 4.98 Å². The van der Waals surface area contributed by atoms with Crippen molar-refractivity contribution >= 4 is 29.5 Å². The number of methoxy groups -OCH3 is 1. The summed E-state index contributed by atoms with van der Waals surface area (Å²) in [5.74, 6) is 1.39. The Morgan fingerprint density at radius 3 is 2.70 bits per heavy atom. The topological polar surface area (TPSA) is 53.4 Å². The van der Waals surface area contributed by atoms with E-state index in [4.69, 9.17) is 32.7 Å². The molecule has 0 fully saturated rings. The number of halogens is 2. The first-order valence-corrected chi connectivity index (χ1v) is 6.44. The molecule has 7 heteroatoms. The van der Waals surface area contributed by atoms with E-state index in [1.165, 1.54) is 19.4 Å². The summed E-state index contributed by atoms with van der Waals surface area (Å²) < 4.78 is 12.5. The van der Waals surface area contributed by atoms with E-state index in [1.54, 1.807) is 17.7 Å². The zero-order chi connectivity index (χ0) is 14.7. The Balaban J connectivity index is 2.25. The molecule has 0 saturated carbocycles. The monoisotopic (exact) mass is 314 g/mol. The van der Waals surface area contributed by atoms with Gasteiger partial charge in [0.1, 0.15) is 23.9 Å². The summed E-state index contributed by atoms with van der Waals surface area (Å²) in [5, 5.41) is 0.810. The molecule has 0 radical (unpaired) electrons. The number of aromatic nitrogens is 2. The number of hydrogen-bond acceptors (Lipinski definition) is 4. The van der Waals surface area contributed by atoms with Gasteiger partial charge in [-0.15, -0.1) is 0 Å². The molecule has 5 nitrogen and oxygen atoms in total. The van der Waals surface area contributed by atoms with Crippen LogP contribution in [0, 0.1) is 0 Å².